The van der Waals surface area contributed by atoms with Crippen molar-refractivity contribution in [3.05, 3.63) is 83.6 Å². The number of amides is 4. The summed E-state index contributed by atoms with van der Waals surface area (Å²) in [6.45, 7) is 4.86. The van der Waals surface area contributed by atoms with Gasteiger partial charge >= 0.3 is 6.03 Å². The lowest BCUT2D eigenvalue weighted by Gasteiger charge is -2.25. The van der Waals surface area contributed by atoms with Crippen LogP contribution in [0, 0.1) is 0 Å². The lowest BCUT2D eigenvalue weighted by molar-refractivity contribution is -0.108. The van der Waals surface area contributed by atoms with Crippen LogP contribution in [0.1, 0.15) is 47.4 Å². The fraction of sp³-hybridized carbons (Fsp3) is 0.241. The van der Waals surface area contributed by atoms with E-state index in [1.807, 2.05) is 47.3 Å². The normalized spacial score (nSPS) is 13.5. The second kappa shape index (κ2) is 10.4. The molecule has 1 aliphatic heterocycles. The standard InChI is InChI=1S/C29H29N5O4/c1-18(2)34-27-11-9-21(12-23(27)14-31-34)19-4-6-20(7-5-19)26(32-29(37)30-17-35)16-33-15-22-8-10-24(38-3)13-25(22)28(33)36/h4-14,17-18,26H,15-16H2,1-3H3,(H2,30,32,35,37)/t26-/m0/s1. The minimum atomic E-state index is -0.632. The second-order valence-electron chi connectivity index (χ2n) is 9.58. The Morgan fingerprint density at radius 1 is 1.08 bits per heavy atom. The summed E-state index contributed by atoms with van der Waals surface area (Å²) >= 11 is 0. The first-order valence-corrected chi connectivity index (χ1v) is 12.4. The van der Waals surface area contributed by atoms with Gasteiger partial charge in [0.05, 0.1) is 24.9 Å². The molecule has 1 aromatic heterocycles. The number of carbonyl (C=O) groups is 3. The van der Waals surface area contributed by atoms with Crippen molar-refractivity contribution < 1.29 is 19.1 Å². The number of hydrogen-bond acceptors (Lipinski definition) is 5. The van der Waals surface area contributed by atoms with Gasteiger partial charge in [0.1, 0.15) is 5.75 Å². The predicted octanol–water partition coefficient (Wildman–Crippen LogP) is 4.45. The monoisotopic (exact) mass is 511 g/mol. The molecule has 9 nitrogen and oxygen atoms in total. The first kappa shape index (κ1) is 25.0. The number of ether oxygens (including phenoxy) is 1. The number of imide groups is 1. The Bertz CT molecular complexity index is 1510. The molecule has 4 amide bonds. The number of hydrogen-bond donors (Lipinski definition) is 2. The number of urea groups is 1. The number of nitrogens with zero attached hydrogens (tertiary/aromatic N) is 3. The van der Waals surface area contributed by atoms with Crippen LogP contribution in [0.15, 0.2) is 66.9 Å². The summed E-state index contributed by atoms with van der Waals surface area (Å²) in [5.41, 5.74) is 5.45. The number of fused-ring (bicyclic) bond motifs is 2. The van der Waals surface area contributed by atoms with E-state index in [9.17, 15) is 14.4 Å². The summed E-state index contributed by atoms with van der Waals surface area (Å²) in [5.74, 6) is 0.484. The third-order valence-corrected chi connectivity index (χ3v) is 6.83. The van der Waals surface area contributed by atoms with Crippen molar-refractivity contribution in [2.45, 2.75) is 32.5 Å². The molecule has 2 heterocycles. The summed E-state index contributed by atoms with van der Waals surface area (Å²) in [6.07, 6.45) is 2.20. The largest absolute Gasteiger partial charge is 0.497 e. The van der Waals surface area contributed by atoms with Crippen molar-refractivity contribution in [1.82, 2.24) is 25.3 Å². The zero-order valence-electron chi connectivity index (χ0n) is 21.5. The van der Waals surface area contributed by atoms with Crippen molar-refractivity contribution in [2.24, 2.45) is 0 Å². The molecule has 4 aromatic rings. The maximum atomic E-state index is 13.1. The van der Waals surface area contributed by atoms with Gasteiger partial charge in [-0.15, -0.1) is 0 Å². The molecule has 5 rings (SSSR count). The number of methoxy groups -OCH3 is 1. The lowest BCUT2D eigenvalue weighted by Crippen LogP contribution is -2.42. The third kappa shape index (κ3) is 4.82. The second-order valence-corrected chi connectivity index (χ2v) is 9.58. The predicted molar refractivity (Wildman–Crippen MR) is 144 cm³/mol. The number of rotatable bonds is 8. The van der Waals surface area contributed by atoms with Gasteiger partial charge in [0.15, 0.2) is 0 Å². The van der Waals surface area contributed by atoms with Crippen molar-refractivity contribution >= 4 is 29.3 Å². The van der Waals surface area contributed by atoms with Crippen LogP contribution >= 0.6 is 0 Å². The summed E-state index contributed by atoms with van der Waals surface area (Å²) in [6, 6.07) is 18.6. The molecular weight excluding hydrogens is 482 g/mol. The van der Waals surface area contributed by atoms with Crippen molar-refractivity contribution in [2.75, 3.05) is 13.7 Å². The minimum Gasteiger partial charge on any atom is -0.497 e. The van der Waals surface area contributed by atoms with E-state index in [1.165, 1.54) is 0 Å². The summed E-state index contributed by atoms with van der Waals surface area (Å²) < 4.78 is 7.26. The van der Waals surface area contributed by atoms with Crippen molar-refractivity contribution in [3.8, 4) is 16.9 Å². The van der Waals surface area contributed by atoms with Gasteiger partial charge in [-0.1, -0.05) is 36.4 Å². The molecule has 0 spiro atoms. The number of carbonyl (C=O) groups excluding carboxylic acids is 3. The van der Waals surface area contributed by atoms with Crippen LogP contribution in [-0.4, -0.2) is 46.7 Å². The van der Waals surface area contributed by atoms with E-state index < -0.39 is 12.1 Å². The highest BCUT2D eigenvalue weighted by Gasteiger charge is 2.30. The van der Waals surface area contributed by atoms with E-state index in [1.54, 1.807) is 18.1 Å². The molecule has 0 bridgehead atoms. The molecule has 9 heteroatoms. The molecular formula is C29H29N5O4. The average Bonchev–Trinajstić information content (AvgIpc) is 3.49. The Morgan fingerprint density at radius 2 is 1.84 bits per heavy atom. The van der Waals surface area contributed by atoms with Crippen LogP contribution in [0.5, 0.6) is 5.75 Å². The molecule has 0 saturated carbocycles. The van der Waals surface area contributed by atoms with Crippen LogP contribution < -0.4 is 15.4 Å². The molecule has 0 aliphatic carbocycles. The first-order chi connectivity index (χ1) is 18.4. The molecule has 1 aliphatic rings. The molecule has 0 fully saturated rings. The fourth-order valence-corrected chi connectivity index (χ4v) is 4.88. The van der Waals surface area contributed by atoms with E-state index in [2.05, 4.69) is 47.8 Å². The van der Waals surface area contributed by atoms with Gasteiger partial charge in [0.2, 0.25) is 6.41 Å². The Morgan fingerprint density at radius 3 is 2.55 bits per heavy atom. The molecule has 0 saturated heterocycles. The van der Waals surface area contributed by atoms with Gasteiger partial charge in [-0.2, -0.15) is 5.10 Å². The molecule has 1 atom stereocenters. The average molecular weight is 512 g/mol. The van der Waals surface area contributed by atoms with Gasteiger partial charge in [0, 0.05) is 30.1 Å². The highest BCUT2D eigenvalue weighted by atomic mass is 16.5. The Kier molecular flexibility index (Phi) is 6.83. The highest BCUT2D eigenvalue weighted by Crippen LogP contribution is 2.30. The maximum absolute atomic E-state index is 13.1. The zero-order chi connectivity index (χ0) is 26.8. The van der Waals surface area contributed by atoms with E-state index in [-0.39, 0.29) is 18.5 Å². The van der Waals surface area contributed by atoms with E-state index in [0.717, 1.165) is 33.2 Å². The van der Waals surface area contributed by atoms with Gasteiger partial charge in [0.25, 0.3) is 5.91 Å². The summed E-state index contributed by atoms with van der Waals surface area (Å²) in [7, 11) is 1.56. The number of nitrogens with one attached hydrogen (secondary N) is 2. The Hall–Kier alpha value is -4.66. The molecule has 0 unspecified atom stereocenters. The number of benzene rings is 3. The van der Waals surface area contributed by atoms with E-state index in [4.69, 9.17) is 4.74 Å². The third-order valence-electron chi connectivity index (χ3n) is 6.83. The van der Waals surface area contributed by atoms with Crippen molar-refractivity contribution in [1.29, 1.82) is 0 Å². The smallest absolute Gasteiger partial charge is 0.321 e. The topological polar surface area (TPSA) is 106 Å². The van der Waals surface area contributed by atoms with Gasteiger partial charge < -0.3 is 15.0 Å². The maximum Gasteiger partial charge on any atom is 0.321 e. The van der Waals surface area contributed by atoms with Crippen LogP contribution in [-0.2, 0) is 11.3 Å². The van der Waals surface area contributed by atoms with Crippen LogP contribution in [0.3, 0.4) is 0 Å². The fourth-order valence-electron chi connectivity index (χ4n) is 4.88. The quantitative estimate of drug-likeness (QED) is 0.340. The van der Waals surface area contributed by atoms with Gasteiger partial charge in [-0.05, 0) is 60.4 Å². The zero-order valence-corrected chi connectivity index (χ0v) is 21.5. The SMILES string of the molecule is COc1ccc2c(c1)C(=O)N(C[C@H](NC(=O)NC=O)c1ccc(-c3ccc4c(cnn4C(C)C)c3)cc1)C2. The lowest BCUT2D eigenvalue weighted by atomic mass is 9.99. The van der Waals surface area contributed by atoms with Crippen LogP contribution in [0.4, 0.5) is 4.79 Å². The molecule has 3 aromatic carbocycles. The summed E-state index contributed by atoms with van der Waals surface area (Å²) in [5, 5.41) is 10.5. The van der Waals surface area contributed by atoms with Crippen LogP contribution in [0.25, 0.3) is 22.0 Å². The molecule has 194 valence electrons. The minimum absolute atomic E-state index is 0.131. The van der Waals surface area contributed by atoms with E-state index in [0.29, 0.717) is 24.3 Å². The molecule has 2 N–H and O–H groups in total. The molecule has 0 radical (unpaired) electrons. The van der Waals surface area contributed by atoms with Crippen LogP contribution in [0.2, 0.25) is 0 Å². The Balaban J connectivity index is 1.39. The van der Waals surface area contributed by atoms with Gasteiger partial charge in [-0.25, -0.2) is 4.79 Å². The molecule has 38 heavy (non-hydrogen) atoms. The highest BCUT2D eigenvalue weighted by molar-refractivity contribution is 5.98. The summed E-state index contributed by atoms with van der Waals surface area (Å²) in [4.78, 5) is 37.9. The number of aromatic nitrogens is 2. The van der Waals surface area contributed by atoms with Gasteiger partial charge in [-0.3, -0.25) is 19.6 Å². The van der Waals surface area contributed by atoms with Crippen molar-refractivity contribution in [3.63, 3.8) is 0 Å². The first-order valence-electron chi connectivity index (χ1n) is 12.4. The van der Waals surface area contributed by atoms with E-state index >= 15 is 0 Å². The Labute approximate surface area is 220 Å².